The van der Waals surface area contributed by atoms with Crippen LogP contribution in [-0.2, 0) is 4.65 Å². The van der Waals surface area contributed by atoms with Crippen molar-refractivity contribution in [3.8, 4) is 5.75 Å². The molecule has 2 rings (SSSR count). The van der Waals surface area contributed by atoms with Crippen LogP contribution in [-0.4, -0.2) is 41.9 Å². The second-order valence-electron chi connectivity index (χ2n) is 4.30. The van der Waals surface area contributed by atoms with Crippen LogP contribution in [0, 0.1) is 15.9 Å². The molecule has 1 heterocycles. The second-order valence-corrected chi connectivity index (χ2v) is 4.30. The van der Waals surface area contributed by atoms with Crippen LogP contribution < -0.4 is 10.2 Å². The highest BCUT2D eigenvalue weighted by Crippen LogP contribution is 2.29. The fourth-order valence-electron chi connectivity index (χ4n) is 2.08. The Balaban J connectivity index is 2.30. The zero-order chi connectivity index (χ0) is 14.7. The molecular weight excluding hydrogens is 272 g/mol. The summed E-state index contributed by atoms with van der Waals surface area (Å²) in [5.74, 6) is -0.875. The van der Waals surface area contributed by atoms with Crippen LogP contribution in [0.3, 0.4) is 0 Å². The van der Waals surface area contributed by atoms with Crippen molar-refractivity contribution in [1.29, 1.82) is 0 Å². The first-order valence-corrected chi connectivity index (χ1v) is 6.06. The van der Waals surface area contributed by atoms with Gasteiger partial charge in [0.1, 0.15) is 6.10 Å². The molecule has 0 amide bonds. The topological polar surface area (TPSA) is 102 Å². The third kappa shape index (κ3) is 2.89. The van der Waals surface area contributed by atoms with Crippen molar-refractivity contribution in [3.05, 3.63) is 33.6 Å². The fraction of sp³-hybridized carbons (Fsp3) is 0.455. The zero-order valence-corrected chi connectivity index (χ0v) is 10.5. The summed E-state index contributed by atoms with van der Waals surface area (Å²) in [6.07, 6.45) is -0.630. The SMILES string of the molecule is O=[N+]([O-])CC1OB(O)c2c1ccc(F)c2OCCCO. The molecule has 1 unspecified atom stereocenters. The molecule has 1 atom stereocenters. The van der Waals surface area contributed by atoms with Crippen molar-refractivity contribution < 1.29 is 28.8 Å². The summed E-state index contributed by atoms with van der Waals surface area (Å²) in [5.41, 5.74) is 0.421. The highest BCUT2D eigenvalue weighted by atomic mass is 19.1. The van der Waals surface area contributed by atoms with Crippen molar-refractivity contribution in [3.63, 3.8) is 0 Å². The quantitative estimate of drug-likeness (QED) is 0.320. The Morgan fingerprint density at radius 3 is 2.95 bits per heavy atom. The number of aliphatic hydroxyl groups excluding tert-OH is 1. The van der Waals surface area contributed by atoms with E-state index in [4.69, 9.17) is 14.5 Å². The molecule has 2 N–H and O–H groups in total. The number of nitro groups is 1. The number of ether oxygens (including phenoxy) is 1. The predicted octanol–water partition coefficient (Wildman–Crippen LogP) is -0.378. The smallest absolute Gasteiger partial charge is 0.491 e. The zero-order valence-electron chi connectivity index (χ0n) is 10.5. The Hall–Kier alpha value is -1.71. The average molecular weight is 285 g/mol. The Morgan fingerprint density at radius 1 is 1.55 bits per heavy atom. The summed E-state index contributed by atoms with van der Waals surface area (Å²) in [7, 11) is -1.46. The molecule has 0 aromatic heterocycles. The minimum Gasteiger partial charge on any atom is -0.491 e. The van der Waals surface area contributed by atoms with Crippen molar-refractivity contribution in [2.75, 3.05) is 19.8 Å². The van der Waals surface area contributed by atoms with E-state index < -0.39 is 30.5 Å². The first kappa shape index (κ1) is 14.7. The van der Waals surface area contributed by atoms with Crippen LogP contribution >= 0.6 is 0 Å². The van der Waals surface area contributed by atoms with E-state index >= 15 is 0 Å². The van der Waals surface area contributed by atoms with Crippen LogP contribution in [0.25, 0.3) is 0 Å². The summed E-state index contributed by atoms with van der Waals surface area (Å²) in [6, 6.07) is 2.45. The maximum atomic E-state index is 13.7. The van der Waals surface area contributed by atoms with Gasteiger partial charge in [-0.15, -0.1) is 0 Å². The van der Waals surface area contributed by atoms with E-state index in [9.17, 15) is 19.5 Å². The summed E-state index contributed by atoms with van der Waals surface area (Å²) < 4.78 is 24.0. The Kier molecular flexibility index (Phi) is 4.53. The molecule has 20 heavy (non-hydrogen) atoms. The van der Waals surface area contributed by atoms with Gasteiger partial charge in [0.25, 0.3) is 0 Å². The highest BCUT2D eigenvalue weighted by molar-refractivity contribution is 6.62. The summed E-state index contributed by atoms with van der Waals surface area (Å²) in [4.78, 5) is 9.98. The Labute approximate surface area is 114 Å². The summed E-state index contributed by atoms with van der Waals surface area (Å²) in [6.45, 7) is -0.568. The first-order valence-electron chi connectivity index (χ1n) is 6.06. The maximum absolute atomic E-state index is 13.7. The lowest BCUT2D eigenvalue weighted by Gasteiger charge is -2.11. The standard InChI is InChI=1S/C11H13BFNO6/c13-8-3-2-7-9(6-14(17)18)20-12(16)10(7)11(8)19-5-1-4-15/h2-3,9,15-16H,1,4-6H2. The van der Waals surface area contributed by atoms with Gasteiger partial charge in [-0.1, -0.05) is 6.07 Å². The van der Waals surface area contributed by atoms with Crippen LogP contribution in [0.5, 0.6) is 5.75 Å². The van der Waals surface area contributed by atoms with Gasteiger partial charge in [0.15, 0.2) is 11.6 Å². The molecule has 0 saturated heterocycles. The molecule has 7 nitrogen and oxygen atoms in total. The molecule has 9 heteroatoms. The van der Waals surface area contributed by atoms with Crippen LogP contribution in [0.2, 0.25) is 0 Å². The van der Waals surface area contributed by atoms with E-state index in [-0.39, 0.29) is 24.4 Å². The molecule has 0 saturated carbocycles. The van der Waals surface area contributed by atoms with E-state index in [1.54, 1.807) is 0 Å². The number of benzene rings is 1. The van der Waals surface area contributed by atoms with Crippen molar-refractivity contribution >= 4 is 12.6 Å². The third-order valence-electron chi connectivity index (χ3n) is 2.93. The minimum atomic E-state index is -1.46. The maximum Gasteiger partial charge on any atom is 0.496 e. The average Bonchev–Trinajstić information content (AvgIpc) is 2.68. The lowest BCUT2D eigenvalue weighted by molar-refractivity contribution is -0.490. The molecule has 108 valence electrons. The molecule has 1 aliphatic heterocycles. The number of nitrogens with zero attached hydrogens (tertiary/aromatic N) is 1. The number of fused-ring (bicyclic) bond motifs is 1. The van der Waals surface area contributed by atoms with Crippen LogP contribution in [0.4, 0.5) is 4.39 Å². The lowest BCUT2D eigenvalue weighted by atomic mass is 9.78. The number of hydrogen-bond acceptors (Lipinski definition) is 6. The van der Waals surface area contributed by atoms with Gasteiger partial charge in [-0.25, -0.2) is 4.39 Å². The summed E-state index contributed by atoms with van der Waals surface area (Å²) in [5, 5.41) is 29.0. The van der Waals surface area contributed by atoms with Crippen molar-refractivity contribution in [1.82, 2.24) is 0 Å². The molecule has 1 aliphatic rings. The molecule has 1 aromatic rings. The normalized spacial score (nSPS) is 17.1. The van der Waals surface area contributed by atoms with E-state index in [0.717, 1.165) is 6.07 Å². The van der Waals surface area contributed by atoms with Gasteiger partial charge < -0.3 is 19.5 Å². The first-order chi connectivity index (χ1) is 9.54. The second kappa shape index (κ2) is 6.16. The van der Waals surface area contributed by atoms with Gasteiger partial charge in [0, 0.05) is 23.4 Å². The van der Waals surface area contributed by atoms with Gasteiger partial charge in [-0.3, -0.25) is 10.1 Å². The number of halogens is 1. The van der Waals surface area contributed by atoms with Gasteiger partial charge in [-0.2, -0.15) is 0 Å². The molecule has 0 bridgehead atoms. The number of aliphatic hydroxyl groups is 1. The van der Waals surface area contributed by atoms with Crippen molar-refractivity contribution in [2.45, 2.75) is 12.5 Å². The molecule has 0 spiro atoms. The molecule has 0 fully saturated rings. The molecule has 1 aromatic carbocycles. The van der Waals surface area contributed by atoms with E-state index in [2.05, 4.69) is 0 Å². The minimum absolute atomic E-state index is 0.0660. The van der Waals surface area contributed by atoms with Gasteiger partial charge >= 0.3 is 7.12 Å². The molecular formula is C11H13BFNO6. The van der Waals surface area contributed by atoms with Crippen LogP contribution in [0.15, 0.2) is 12.1 Å². The Bertz CT molecular complexity index is 514. The summed E-state index contributed by atoms with van der Waals surface area (Å²) >= 11 is 0. The highest BCUT2D eigenvalue weighted by Gasteiger charge is 2.41. The van der Waals surface area contributed by atoms with Gasteiger partial charge in [-0.05, 0) is 11.6 Å². The van der Waals surface area contributed by atoms with Crippen molar-refractivity contribution in [2.24, 2.45) is 0 Å². The van der Waals surface area contributed by atoms with Gasteiger partial charge in [0.05, 0.1) is 6.61 Å². The predicted molar refractivity (Wildman–Crippen MR) is 66.9 cm³/mol. The van der Waals surface area contributed by atoms with E-state index in [1.165, 1.54) is 6.07 Å². The lowest BCUT2D eigenvalue weighted by Crippen LogP contribution is -2.31. The van der Waals surface area contributed by atoms with Crippen LogP contribution in [0.1, 0.15) is 18.1 Å². The Morgan fingerprint density at radius 2 is 2.30 bits per heavy atom. The molecule has 0 radical (unpaired) electrons. The van der Waals surface area contributed by atoms with E-state index in [0.29, 0.717) is 12.0 Å². The largest absolute Gasteiger partial charge is 0.496 e. The number of hydrogen-bond donors (Lipinski definition) is 2. The monoisotopic (exact) mass is 285 g/mol. The number of rotatable bonds is 6. The van der Waals surface area contributed by atoms with E-state index in [1.807, 2.05) is 0 Å². The van der Waals surface area contributed by atoms with Gasteiger partial charge in [0.2, 0.25) is 6.54 Å². The third-order valence-corrected chi connectivity index (χ3v) is 2.93. The molecule has 0 aliphatic carbocycles. The fourth-order valence-corrected chi connectivity index (χ4v) is 2.08.